The zero-order chi connectivity index (χ0) is 13.9. The molecule has 0 aromatic heterocycles. The lowest BCUT2D eigenvalue weighted by Gasteiger charge is -2.29. The van der Waals surface area contributed by atoms with Gasteiger partial charge in [0.2, 0.25) is 0 Å². The lowest BCUT2D eigenvalue weighted by atomic mass is 9.84. The molecule has 1 N–H and O–H groups in total. The quantitative estimate of drug-likeness (QED) is 0.915. The molecule has 0 aliphatic carbocycles. The van der Waals surface area contributed by atoms with E-state index >= 15 is 0 Å². The van der Waals surface area contributed by atoms with E-state index in [0.29, 0.717) is 10.6 Å². The Morgan fingerprint density at radius 2 is 1.78 bits per heavy atom. The number of nitrogens with one attached hydrogen (secondary N) is 1. The molecular weight excluding hydrogens is 250 g/mol. The van der Waals surface area contributed by atoms with E-state index < -0.39 is 6.04 Å². The third-order valence-corrected chi connectivity index (χ3v) is 3.00. The smallest absolute Gasteiger partial charge is 0.253 e. The van der Waals surface area contributed by atoms with Crippen molar-refractivity contribution in [3.63, 3.8) is 0 Å². The second-order valence-electron chi connectivity index (χ2n) is 5.36. The Hall–Kier alpha value is -1.35. The van der Waals surface area contributed by atoms with Crippen LogP contribution in [0.2, 0.25) is 5.02 Å². The Balaban J connectivity index is 2.93. The van der Waals surface area contributed by atoms with Crippen molar-refractivity contribution >= 4 is 23.3 Å². The molecule has 0 heterocycles. The number of hydrogen-bond acceptors (Lipinski definition) is 2. The highest BCUT2D eigenvalue weighted by Crippen LogP contribution is 2.21. The molecule has 4 heteroatoms. The zero-order valence-corrected chi connectivity index (χ0v) is 11.8. The molecule has 98 valence electrons. The molecule has 0 spiro atoms. The average Bonchev–Trinajstić information content (AvgIpc) is 2.24. The van der Waals surface area contributed by atoms with Crippen molar-refractivity contribution in [2.75, 3.05) is 0 Å². The van der Waals surface area contributed by atoms with Crippen molar-refractivity contribution in [3.8, 4) is 0 Å². The molecule has 3 nitrogen and oxygen atoms in total. The van der Waals surface area contributed by atoms with Gasteiger partial charge in [0.1, 0.15) is 0 Å². The van der Waals surface area contributed by atoms with Gasteiger partial charge in [-0.3, -0.25) is 9.59 Å². The van der Waals surface area contributed by atoms with Gasteiger partial charge in [-0.2, -0.15) is 0 Å². The van der Waals surface area contributed by atoms with Crippen LogP contribution in [-0.2, 0) is 4.79 Å². The number of ketones is 1. The van der Waals surface area contributed by atoms with E-state index in [1.165, 1.54) is 6.92 Å². The predicted molar refractivity (Wildman–Crippen MR) is 72.8 cm³/mol. The van der Waals surface area contributed by atoms with Gasteiger partial charge in [0.15, 0.2) is 5.78 Å². The van der Waals surface area contributed by atoms with E-state index in [4.69, 9.17) is 11.6 Å². The van der Waals surface area contributed by atoms with Crippen LogP contribution in [0.3, 0.4) is 0 Å². The van der Waals surface area contributed by atoms with Crippen molar-refractivity contribution in [1.82, 2.24) is 5.32 Å². The zero-order valence-electron chi connectivity index (χ0n) is 11.1. The Kier molecular flexibility index (Phi) is 4.52. The van der Waals surface area contributed by atoms with E-state index in [1.807, 2.05) is 20.8 Å². The standard InChI is InChI=1S/C14H18ClNO2/c1-9(17)12(14(2,3)4)16-13(18)10-7-5-6-8-11(10)15/h5-8,12H,1-4H3,(H,16,18). The maximum Gasteiger partial charge on any atom is 0.253 e. The van der Waals surface area contributed by atoms with Crippen LogP contribution in [0, 0.1) is 5.41 Å². The monoisotopic (exact) mass is 267 g/mol. The number of carbonyl (C=O) groups excluding carboxylic acids is 2. The SMILES string of the molecule is CC(=O)C(NC(=O)c1ccccc1Cl)C(C)(C)C. The van der Waals surface area contributed by atoms with Crippen LogP contribution >= 0.6 is 11.6 Å². The first-order valence-electron chi connectivity index (χ1n) is 5.79. The summed E-state index contributed by atoms with van der Waals surface area (Å²) >= 11 is 5.95. The molecule has 0 aliphatic rings. The molecule has 18 heavy (non-hydrogen) atoms. The summed E-state index contributed by atoms with van der Waals surface area (Å²) in [5.41, 5.74) is 0.0533. The van der Waals surface area contributed by atoms with E-state index in [1.54, 1.807) is 24.3 Å². The van der Waals surface area contributed by atoms with Gasteiger partial charge in [-0.05, 0) is 24.5 Å². The minimum absolute atomic E-state index is 0.0668. The lowest BCUT2D eigenvalue weighted by Crippen LogP contribution is -2.48. The van der Waals surface area contributed by atoms with Crippen LogP contribution < -0.4 is 5.32 Å². The maximum absolute atomic E-state index is 12.1. The van der Waals surface area contributed by atoms with E-state index in [2.05, 4.69) is 5.32 Å². The summed E-state index contributed by atoms with van der Waals surface area (Å²) in [5, 5.41) is 3.12. The first-order chi connectivity index (χ1) is 8.23. The number of carbonyl (C=O) groups is 2. The fourth-order valence-electron chi connectivity index (χ4n) is 1.78. The molecule has 0 aliphatic heterocycles. The fraction of sp³-hybridized carbons (Fsp3) is 0.429. The highest BCUT2D eigenvalue weighted by Gasteiger charge is 2.30. The fourth-order valence-corrected chi connectivity index (χ4v) is 2.00. The van der Waals surface area contributed by atoms with Crippen LogP contribution in [0.5, 0.6) is 0 Å². The summed E-state index contributed by atoms with van der Waals surface area (Å²) in [6, 6.07) is 6.25. The minimum Gasteiger partial charge on any atom is -0.342 e. The maximum atomic E-state index is 12.1. The molecule has 0 bridgehead atoms. The van der Waals surface area contributed by atoms with Gasteiger partial charge in [0, 0.05) is 0 Å². The molecule has 1 unspecified atom stereocenters. The van der Waals surface area contributed by atoms with Crippen molar-refractivity contribution in [2.45, 2.75) is 33.7 Å². The Labute approximate surface area is 113 Å². The minimum atomic E-state index is -0.527. The predicted octanol–water partition coefficient (Wildman–Crippen LogP) is 3.07. The number of halogens is 1. The van der Waals surface area contributed by atoms with Gasteiger partial charge in [0.25, 0.3) is 5.91 Å². The topological polar surface area (TPSA) is 46.2 Å². The molecule has 1 aromatic rings. The number of Topliss-reactive ketones (excluding diaryl/α,β-unsaturated/α-hetero) is 1. The van der Waals surface area contributed by atoms with Crippen molar-refractivity contribution in [3.05, 3.63) is 34.9 Å². The van der Waals surface area contributed by atoms with Crippen LogP contribution in [-0.4, -0.2) is 17.7 Å². The van der Waals surface area contributed by atoms with Crippen molar-refractivity contribution < 1.29 is 9.59 Å². The number of amides is 1. The number of hydrogen-bond donors (Lipinski definition) is 1. The molecule has 1 amide bonds. The largest absolute Gasteiger partial charge is 0.342 e. The second-order valence-corrected chi connectivity index (χ2v) is 5.77. The number of benzene rings is 1. The van der Waals surface area contributed by atoms with Crippen molar-refractivity contribution in [2.24, 2.45) is 5.41 Å². The number of rotatable bonds is 3. The van der Waals surface area contributed by atoms with Gasteiger partial charge < -0.3 is 5.32 Å². The van der Waals surface area contributed by atoms with Crippen LogP contribution in [0.25, 0.3) is 0 Å². The van der Waals surface area contributed by atoms with Gasteiger partial charge >= 0.3 is 0 Å². The van der Waals surface area contributed by atoms with E-state index in [-0.39, 0.29) is 17.1 Å². The molecule has 0 saturated carbocycles. The average molecular weight is 268 g/mol. The molecule has 0 fully saturated rings. The van der Waals surface area contributed by atoms with Crippen LogP contribution in [0.4, 0.5) is 0 Å². The van der Waals surface area contributed by atoms with Crippen LogP contribution in [0.1, 0.15) is 38.1 Å². The van der Waals surface area contributed by atoms with Gasteiger partial charge in [-0.15, -0.1) is 0 Å². The van der Waals surface area contributed by atoms with E-state index in [9.17, 15) is 9.59 Å². The summed E-state index contributed by atoms with van der Waals surface area (Å²) in [6.07, 6.45) is 0. The first-order valence-corrected chi connectivity index (χ1v) is 6.17. The lowest BCUT2D eigenvalue weighted by molar-refractivity contribution is -0.121. The highest BCUT2D eigenvalue weighted by atomic mass is 35.5. The molecule has 0 saturated heterocycles. The summed E-state index contributed by atoms with van der Waals surface area (Å²) in [5.74, 6) is -0.390. The van der Waals surface area contributed by atoms with Crippen LogP contribution in [0.15, 0.2) is 24.3 Å². The Morgan fingerprint density at radius 1 is 1.22 bits per heavy atom. The molecule has 1 rings (SSSR count). The first kappa shape index (κ1) is 14.7. The van der Waals surface area contributed by atoms with Gasteiger partial charge in [-0.1, -0.05) is 44.5 Å². The third kappa shape index (κ3) is 3.57. The Morgan fingerprint density at radius 3 is 2.22 bits per heavy atom. The summed E-state index contributed by atoms with van der Waals surface area (Å²) in [6.45, 7) is 7.20. The van der Waals surface area contributed by atoms with Crippen molar-refractivity contribution in [1.29, 1.82) is 0 Å². The second kappa shape index (κ2) is 5.53. The molecule has 1 atom stereocenters. The van der Waals surface area contributed by atoms with E-state index in [0.717, 1.165) is 0 Å². The third-order valence-electron chi connectivity index (χ3n) is 2.67. The van der Waals surface area contributed by atoms with Gasteiger partial charge in [0.05, 0.1) is 16.6 Å². The van der Waals surface area contributed by atoms with Gasteiger partial charge in [-0.25, -0.2) is 0 Å². The highest BCUT2D eigenvalue weighted by molar-refractivity contribution is 6.33. The molecule has 0 radical (unpaired) electrons. The Bertz CT molecular complexity index is 463. The molecule has 1 aromatic carbocycles. The molecular formula is C14H18ClNO2. The normalized spacial score (nSPS) is 12.9. The summed E-state index contributed by atoms with van der Waals surface area (Å²) in [7, 11) is 0. The summed E-state index contributed by atoms with van der Waals surface area (Å²) < 4.78 is 0. The summed E-state index contributed by atoms with van der Waals surface area (Å²) in [4.78, 5) is 23.7.